The monoisotopic (exact) mass is 367 g/mol. The smallest absolute Gasteiger partial charge is 0.160 e. The Hall–Kier alpha value is -3.24. The zero-order chi connectivity index (χ0) is 18.9. The van der Waals surface area contributed by atoms with Gasteiger partial charge in [0.25, 0.3) is 0 Å². The van der Waals surface area contributed by atoms with Crippen LogP contribution in [0.1, 0.15) is 11.1 Å². The number of hydrogen-bond acceptors (Lipinski definition) is 3. The summed E-state index contributed by atoms with van der Waals surface area (Å²) in [5.74, 6) is 0. The number of fused-ring (bicyclic) bond motifs is 4. The lowest BCUT2D eigenvalue weighted by molar-refractivity contribution is 0.114. The maximum Gasteiger partial charge on any atom is 0.160 e. The molecule has 0 fully saturated rings. The van der Waals surface area contributed by atoms with E-state index in [1.54, 1.807) is 0 Å². The normalized spacial score (nSPS) is 11.6. The van der Waals surface area contributed by atoms with Gasteiger partial charge >= 0.3 is 0 Å². The van der Waals surface area contributed by atoms with Crippen LogP contribution >= 0.6 is 0 Å². The summed E-state index contributed by atoms with van der Waals surface area (Å²) in [6.07, 6.45) is 0. The lowest BCUT2D eigenvalue weighted by atomic mass is 10.1. The molecule has 5 rings (SSSR count). The minimum atomic E-state index is 0.617. The quantitative estimate of drug-likeness (QED) is 0.398. The fraction of sp³-hybridized carbons (Fsp3) is 0.167. The molecule has 2 aromatic heterocycles. The van der Waals surface area contributed by atoms with Crippen LogP contribution < -0.4 is 0 Å². The first-order valence-electron chi connectivity index (χ1n) is 9.57. The maximum atomic E-state index is 5.95. The van der Waals surface area contributed by atoms with Gasteiger partial charge in [0.1, 0.15) is 5.52 Å². The van der Waals surface area contributed by atoms with Gasteiger partial charge in [0.15, 0.2) is 5.65 Å². The van der Waals surface area contributed by atoms with E-state index >= 15 is 0 Å². The third-order valence-electron chi connectivity index (χ3n) is 5.14. The van der Waals surface area contributed by atoms with E-state index in [0.717, 1.165) is 34.1 Å². The van der Waals surface area contributed by atoms with E-state index in [0.29, 0.717) is 13.2 Å². The number of para-hydroxylation sites is 3. The fourth-order valence-electron chi connectivity index (χ4n) is 3.81. The molecule has 0 aliphatic rings. The van der Waals surface area contributed by atoms with Crippen LogP contribution in [0.4, 0.5) is 0 Å². The van der Waals surface area contributed by atoms with E-state index in [9.17, 15) is 0 Å². The van der Waals surface area contributed by atoms with E-state index in [-0.39, 0.29) is 0 Å². The van der Waals surface area contributed by atoms with Gasteiger partial charge in [-0.3, -0.25) is 0 Å². The average Bonchev–Trinajstić information content (AvgIpc) is 3.04. The van der Waals surface area contributed by atoms with Crippen molar-refractivity contribution in [1.29, 1.82) is 0 Å². The van der Waals surface area contributed by atoms with Crippen LogP contribution in [0.2, 0.25) is 0 Å². The van der Waals surface area contributed by atoms with E-state index in [4.69, 9.17) is 14.7 Å². The van der Waals surface area contributed by atoms with Crippen molar-refractivity contribution < 1.29 is 4.74 Å². The van der Waals surface area contributed by atoms with E-state index in [1.165, 1.54) is 16.6 Å². The van der Waals surface area contributed by atoms with Crippen LogP contribution in [-0.4, -0.2) is 21.1 Å². The van der Waals surface area contributed by atoms with Crippen LogP contribution in [0.3, 0.4) is 0 Å². The highest BCUT2D eigenvalue weighted by Crippen LogP contribution is 2.30. The van der Waals surface area contributed by atoms with Crippen molar-refractivity contribution in [2.45, 2.75) is 20.1 Å². The van der Waals surface area contributed by atoms with Gasteiger partial charge in [-0.15, -0.1) is 0 Å². The molecule has 5 aromatic rings. The molecule has 0 N–H and O–H groups in total. The maximum absolute atomic E-state index is 5.95. The Labute approximate surface area is 163 Å². The van der Waals surface area contributed by atoms with Crippen molar-refractivity contribution in [3.63, 3.8) is 0 Å². The highest BCUT2D eigenvalue weighted by atomic mass is 16.5. The summed E-state index contributed by atoms with van der Waals surface area (Å²) in [6.45, 7) is 4.12. The van der Waals surface area contributed by atoms with Crippen LogP contribution in [0.25, 0.3) is 33.1 Å². The van der Waals surface area contributed by atoms with Gasteiger partial charge in [-0.1, -0.05) is 60.7 Å². The Morgan fingerprint density at radius 3 is 2.39 bits per heavy atom. The van der Waals surface area contributed by atoms with Crippen LogP contribution in [-0.2, 0) is 17.9 Å². The number of aromatic nitrogens is 3. The summed E-state index contributed by atoms with van der Waals surface area (Å²) in [5, 5.41) is 1.15. The first-order chi connectivity index (χ1) is 13.8. The fourth-order valence-corrected chi connectivity index (χ4v) is 3.81. The highest BCUT2D eigenvalue weighted by molar-refractivity contribution is 6.07. The third-order valence-corrected chi connectivity index (χ3v) is 5.14. The van der Waals surface area contributed by atoms with Crippen molar-refractivity contribution >= 4 is 33.1 Å². The Balaban J connectivity index is 1.54. The molecule has 138 valence electrons. The molecule has 0 amide bonds. The van der Waals surface area contributed by atoms with Crippen LogP contribution in [0.5, 0.6) is 0 Å². The first-order valence-corrected chi connectivity index (χ1v) is 9.57. The predicted molar refractivity (Wildman–Crippen MR) is 113 cm³/mol. The van der Waals surface area contributed by atoms with Gasteiger partial charge < -0.3 is 9.30 Å². The molecule has 0 spiro atoms. The molecule has 0 saturated carbocycles. The second kappa shape index (κ2) is 7.06. The summed E-state index contributed by atoms with van der Waals surface area (Å²) < 4.78 is 8.20. The minimum Gasteiger partial charge on any atom is -0.375 e. The summed E-state index contributed by atoms with van der Waals surface area (Å²) in [6, 6.07) is 24.7. The molecule has 0 aliphatic heterocycles. The molecule has 0 saturated heterocycles. The Morgan fingerprint density at radius 1 is 0.821 bits per heavy atom. The standard InChI is InChI=1S/C24H21N3O/c1-17-8-7-11-19-22-24(26-21-13-6-5-12-20(21)25-22)27(23(17)19)14-15-28-16-18-9-3-2-4-10-18/h2-13H,14-16H2,1H3. The molecule has 0 aliphatic carbocycles. The van der Waals surface area contributed by atoms with E-state index in [1.807, 2.05) is 42.5 Å². The first kappa shape index (κ1) is 16.9. The second-order valence-corrected chi connectivity index (χ2v) is 7.05. The average molecular weight is 367 g/mol. The Morgan fingerprint density at radius 2 is 1.57 bits per heavy atom. The second-order valence-electron chi connectivity index (χ2n) is 7.05. The van der Waals surface area contributed by atoms with Gasteiger partial charge in [0, 0.05) is 11.9 Å². The number of ether oxygens (including phenoxy) is 1. The van der Waals surface area contributed by atoms with Gasteiger partial charge in [-0.25, -0.2) is 9.97 Å². The molecule has 4 nitrogen and oxygen atoms in total. The molecular weight excluding hydrogens is 346 g/mol. The summed E-state index contributed by atoms with van der Waals surface area (Å²) in [7, 11) is 0. The zero-order valence-electron chi connectivity index (χ0n) is 15.8. The predicted octanol–water partition coefficient (Wildman–Crippen LogP) is 5.26. The molecule has 4 heteroatoms. The highest BCUT2D eigenvalue weighted by Gasteiger charge is 2.15. The molecular formula is C24H21N3O. The topological polar surface area (TPSA) is 39.9 Å². The molecule has 0 bridgehead atoms. The van der Waals surface area contributed by atoms with Crippen molar-refractivity contribution in [2.24, 2.45) is 0 Å². The number of nitrogens with zero attached hydrogens (tertiary/aromatic N) is 3. The van der Waals surface area contributed by atoms with Crippen molar-refractivity contribution in [2.75, 3.05) is 6.61 Å². The van der Waals surface area contributed by atoms with Gasteiger partial charge in [-0.05, 0) is 30.2 Å². The molecule has 2 heterocycles. The SMILES string of the molecule is Cc1cccc2c3nc4ccccc4nc3n(CCOCc3ccccc3)c12. The van der Waals surface area contributed by atoms with E-state index in [2.05, 4.69) is 41.8 Å². The Kier molecular flexibility index (Phi) is 4.26. The summed E-state index contributed by atoms with van der Waals surface area (Å²) in [4.78, 5) is 9.86. The van der Waals surface area contributed by atoms with Gasteiger partial charge in [-0.2, -0.15) is 0 Å². The van der Waals surface area contributed by atoms with Crippen LogP contribution in [0, 0.1) is 6.92 Å². The minimum absolute atomic E-state index is 0.617. The summed E-state index contributed by atoms with van der Waals surface area (Å²) in [5.41, 5.74) is 7.33. The molecule has 0 unspecified atom stereocenters. The number of hydrogen-bond donors (Lipinski definition) is 0. The van der Waals surface area contributed by atoms with Crippen LogP contribution in [0.15, 0.2) is 72.8 Å². The lowest BCUT2D eigenvalue weighted by Crippen LogP contribution is -2.07. The van der Waals surface area contributed by atoms with Gasteiger partial charge in [0.2, 0.25) is 0 Å². The lowest BCUT2D eigenvalue weighted by Gasteiger charge is -2.09. The van der Waals surface area contributed by atoms with Crippen molar-refractivity contribution in [3.8, 4) is 0 Å². The zero-order valence-corrected chi connectivity index (χ0v) is 15.8. The molecule has 28 heavy (non-hydrogen) atoms. The summed E-state index contributed by atoms with van der Waals surface area (Å²) >= 11 is 0. The van der Waals surface area contributed by atoms with E-state index < -0.39 is 0 Å². The van der Waals surface area contributed by atoms with Crippen molar-refractivity contribution in [3.05, 3.63) is 83.9 Å². The van der Waals surface area contributed by atoms with Gasteiger partial charge in [0.05, 0.1) is 29.8 Å². The molecule has 3 aromatic carbocycles. The molecule has 0 radical (unpaired) electrons. The third kappa shape index (κ3) is 2.92. The molecule has 0 atom stereocenters. The number of rotatable bonds is 5. The number of benzene rings is 3. The largest absolute Gasteiger partial charge is 0.375 e. The van der Waals surface area contributed by atoms with Crippen molar-refractivity contribution in [1.82, 2.24) is 14.5 Å². The Bertz CT molecular complexity index is 1280. The number of aryl methyl sites for hydroxylation is 1.